The lowest BCUT2D eigenvalue weighted by Gasteiger charge is -2.32. The average Bonchev–Trinajstić information content (AvgIpc) is 2.88. The first-order chi connectivity index (χ1) is 17.4. The molecule has 2 atom stereocenters. The van der Waals surface area contributed by atoms with Crippen molar-refractivity contribution in [2.45, 2.75) is 56.6 Å². The lowest BCUT2D eigenvalue weighted by atomic mass is 10.0. The fourth-order valence-electron chi connectivity index (χ4n) is 3.74. The van der Waals surface area contributed by atoms with Gasteiger partial charge in [-0.3, -0.25) is 9.59 Å². The predicted octanol–water partition coefficient (Wildman–Crippen LogP) is 6.52. The van der Waals surface area contributed by atoms with E-state index in [0.717, 1.165) is 16.9 Å². The highest BCUT2D eigenvalue weighted by Crippen LogP contribution is 2.23. The SMILES string of the molecule is CC[C@@H](C)NC(=O)[C@H](Cc1ccccc1)N(Cc1ccccc1F)C(=O)CCSc1ccc(Cl)cc1. The van der Waals surface area contributed by atoms with Crippen molar-refractivity contribution in [2.24, 2.45) is 0 Å². The lowest BCUT2D eigenvalue weighted by Crippen LogP contribution is -2.52. The molecule has 2 amide bonds. The van der Waals surface area contributed by atoms with Gasteiger partial charge in [-0.05, 0) is 49.2 Å². The number of hydrogen-bond donors (Lipinski definition) is 1. The summed E-state index contributed by atoms with van der Waals surface area (Å²) in [6.07, 6.45) is 1.32. The van der Waals surface area contributed by atoms with E-state index in [9.17, 15) is 14.0 Å². The van der Waals surface area contributed by atoms with Crippen molar-refractivity contribution in [3.63, 3.8) is 0 Å². The number of benzene rings is 3. The van der Waals surface area contributed by atoms with Gasteiger partial charge in [0.2, 0.25) is 11.8 Å². The molecule has 0 radical (unpaired) electrons. The van der Waals surface area contributed by atoms with Crippen LogP contribution in [0.15, 0.2) is 83.8 Å². The van der Waals surface area contributed by atoms with Crippen molar-refractivity contribution in [3.8, 4) is 0 Å². The number of amides is 2. The number of carbonyl (C=O) groups excluding carboxylic acids is 2. The van der Waals surface area contributed by atoms with E-state index in [-0.39, 0.29) is 30.8 Å². The van der Waals surface area contributed by atoms with E-state index in [1.165, 1.54) is 11.0 Å². The van der Waals surface area contributed by atoms with Crippen LogP contribution in [-0.2, 0) is 22.6 Å². The van der Waals surface area contributed by atoms with Crippen LogP contribution in [0.1, 0.15) is 37.8 Å². The number of rotatable bonds is 12. The second-order valence-electron chi connectivity index (χ2n) is 8.69. The molecule has 0 fully saturated rings. The Morgan fingerprint density at radius 1 is 1.00 bits per heavy atom. The molecule has 0 aliphatic rings. The van der Waals surface area contributed by atoms with Crippen LogP contribution >= 0.6 is 23.4 Å². The lowest BCUT2D eigenvalue weighted by molar-refractivity contribution is -0.141. The van der Waals surface area contributed by atoms with Crippen LogP contribution in [0.3, 0.4) is 0 Å². The Morgan fingerprint density at radius 3 is 2.33 bits per heavy atom. The second kappa shape index (κ2) is 14.0. The summed E-state index contributed by atoms with van der Waals surface area (Å²) in [7, 11) is 0. The topological polar surface area (TPSA) is 49.4 Å². The summed E-state index contributed by atoms with van der Waals surface area (Å²) in [6.45, 7) is 3.94. The second-order valence-corrected chi connectivity index (χ2v) is 10.3. The first-order valence-corrected chi connectivity index (χ1v) is 13.5. The molecule has 0 bridgehead atoms. The summed E-state index contributed by atoms with van der Waals surface area (Å²) in [5.74, 6) is -0.297. The molecule has 0 spiro atoms. The van der Waals surface area contributed by atoms with E-state index in [4.69, 9.17) is 11.6 Å². The summed E-state index contributed by atoms with van der Waals surface area (Å²) in [5.41, 5.74) is 1.31. The summed E-state index contributed by atoms with van der Waals surface area (Å²) in [5, 5.41) is 3.68. The van der Waals surface area contributed by atoms with Crippen molar-refractivity contribution in [1.82, 2.24) is 10.2 Å². The van der Waals surface area contributed by atoms with Crippen LogP contribution in [0.25, 0.3) is 0 Å². The first-order valence-electron chi connectivity index (χ1n) is 12.1. The fraction of sp³-hybridized carbons (Fsp3) is 0.310. The molecule has 0 aliphatic carbocycles. The minimum Gasteiger partial charge on any atom is -0.352 e. The molecule has 3 rings (SSSR count). The van der Waals surface area contributed by atoms with Gasteiger partial charge in [-0.15, -0.1) is 11.8 Å². The van der Waals surface area contributed by atoms with Crippen molar-refractivity contribution in [2.75, 3.05) is 5.75 Å². The molecular formula is C29H32ClFN2O2S. The van der Waals surface area contributed by atoms with Crippen LogP contribution in [-0.4, -0.2) is 34.6 Å². The summed E-state index contributed by atoms with van der Waals surface area (Å²) < 4.78 is 14.6. The number of nitrogens with one attached hydrogen (secondary N) is 1. The van der Waals surface area contributed by atoms with Gasteiger partial charge in [-0.25, -0.2) is 4.39 Å². The zero-order chi connectivity index (χ0) is 25.9. The third-order valence-electron chi connectivity index (χ3n) is 5.97. The maximum Gasteiger partial charge on any atom is 0.243 e. The number of hydrogen-bond acceptors (Lipinski definition) is 3. The molecule has 3 aromatic carbocycles. The Hall–Kier alpha value is -2.83. The van der Waals surface area contributed by atoms with Crippen molar-refractivity contribution >= 4 is 35.2 Å². The average molecular weight is 527 g/mol. The first kappa shape index (κ1) is 27.8. The minimum absolute atomic E-state index is 0.0164. The Labute approximate surface area is 222 Å². The quantitative estimate of drug-likeness (QED) is 0.273. The Bertz CT molecular complexity index is 1130. The number of nitrogens with zero attached hydrogens (tertiary/aromatic N) is 1. The highest BCUT2D eigenvalue weighted by Gasteiger charge is 2.31. The highest BCUT2D eigenvalue weighted by molar-refractivity contribution is 7.99. The maximum absolute atomic E-state index is 14.6. The Kier molecular flexibility index (Phi) is 10.8. The Morgan fingerprint density at radius 2 is 1.67 bits per heavy atom. The molecular weight excluding hydrogens is 495 g/mol. The van der Waals surface area contributed by atoms with Crippen molar-refractivity contribution < 1.29 is 14.0 Å². The van der Waals surface area contributed by atoms with Crippen LogP contribution in [0, 0.1) is 5.82 Å². The molecule has 1 N–H and O–H groups in total. The van der Waals surface area contributed by atoms with Gasteiger partial charge in [0, 0.05) is 46.7 Å². The molecule has 0 saturated heterocycles. The summed E-state index contributed by atoms with van der Waals surface area (Å²) >= 11 is 7.51. The standard InChI is InChI=1S/C29H32ClFN2O2S/c1-3-21(2)32-29(35)27(19-22-9-5-4-6-10-22)33(20-23-11-7-8-12-26(23)31)28(34)17-18-36-25-15-13-24(30)14-16-25/h4-16,21,27H,3,17-20H2,1-2H3,(H,32,35)/t21-,27+/m1/s1. The van der Waals surface area contributed by atoms with Crippen molar-refractivity contribution in [1.29, 1.82) is 0 Å². The molecule has 0 aliphatic heterocycles. The van der Waals surface area contributed by atoms with E-state index in [2.05, 4.69) is 5.32 Å². The third-order valence-corrected chi connectivity index (χ3v) is 7.23. The van der Waals surface area contributed by atoms with E-state index in [0.29, 0.717) is 22.8 Å². The largest absolute Gasteiger partial charge is 0.352 e. The predicted molar refractivity (Wildman–Crippen MR) is 146 cm³/mol. The zero-order valence-electron chi connectivity index (χ0n) is 20.6. The smallest absolute Gasteiger partial charge is 0.243 e. The van der Waals surface area contributed by atoms with Gasteiger partial charge in [0.15, 0.2) is 0 Å². The molecule has 190 valence electrons. The number of thioether (sulfide) groups is 1. The van der Waals surface area contributed by atoms with Gasteiger partial charge >= 0.3 is 0 Å². The maximum atomic E-state index is 14.6. The van der Waals surface area contributed by atoms with E-state index in [1.54, 1.807) is 30.0 Å². The molecule has 36 heavy (non-hydrogen) atoms. The van der Waals surface area contributed by atoms with Crippen LogP contribution in [0.5, 0.6) is 0 Å². The molecule has 0 saturated carbocycles. The normalized spacial score (nSPS) is 12.6. The highest BCUT2D eigenvalue weighted by atomic mass is 35.5. The summed E-state index contributed by atoms with van der Waals surface area (Å²) in [6, 6.07) is 22.6. The summed E-state index contributed by atoms with van der Waals surface area (Å²) in [4.78, 5) is 29.6. The van der Waals surface area contributed by atoms with Crippen LogP contribution in [0.4, 0.5) is 4.39 Å². The van der Waals surface area contributed by atoms with Gasteiger partial charge in [-0.1, -0.05) is 67.1 Å². The minimum atomic E-state index is -0.769. The zero-order valence-corrected chi connectivity index (χ0v) is 22.2. The molecule has 7 heteroatoms. The van der Waals surface area contributed by atoms with Crippen LogP contribution < -0.4 is 5.32 Å². The number of halogens is 2. The van der Waals surface area contributed by atoms with Crippen LogP contribution in [0.2, 0.25) is 5.02 Å². The molecule has 3 aromatic rings. The van der Waals surface area contributed by atoms with Gasteiger partial charge in [0.25, 0.3) is 0 Å². The Balaban J connectivity index is 1.86. The fourth-order valence-corrected chi connectivity index (χ4v) is 4.70. The molecule has 0 heterocycles. The molecule has 4 nitrogen and oxygen atoms in total. The van der Waals surface area contributed by atoms with Gasteiger partial charge in [0.1, 0.15) is 11.9 Å². The molecule has 0 unspecified atom stereocenters. The van der Waals surface area contributed by atoms with Gasteiger partial charge in [0.05, 0.1) is 0 Å². The van der Waals surface area contributed by atoms with Gasteiger partial charge in [-0.2, -0.15) is 0 Å². The number of carbonyl (C=O) groups is 2. The van der Waals surface area contributed by atoms with E-state index >= 15 is 0 Å². The third kappa shape index (κ3) is 8.38. The van der Waals surface area contributed by atoms with Gasteiger partial charge < -0.3 is 10.2 Å². The monoisotopic (exact) mass is 526 g/mol. The van der Waals surface area contributed by atoms with E-state index < -0.39 is 11.9 Å². The van der Waals surface area contributed by atoms with E-state index in [1.807, 2.05) is 68.4 Å². The van der Waals surface area contributed by atoms with Crippen molar-refractivity contribution in [3.05, 3.63) is 101 Å². The molecule has 0 aromatic heterocycles.